The van der Waals surface area contributed by atoms with E-state index in [1.807, 2.05) is 14.0 Å². The third kappa shape index (κ3) is 5.39. The van der Waals surface area contributed by atoms with E-state index in [4.69, 9.17) is 5.11 Å². The van der Waals surface area contributed by atoms with Crippen LogP contribution in [-0.4, -0.2) is 41.6 Å². The van der Waals surface area contributed by atoms with Gasteiger partial charge in [-0.2, -0.15) is 0 Å². The lowest BCUT2D eigenvalue weighted by Gasteiger charge is -2.34. The van der Waals surface area contributed by atoms with Crippen LogP contribution in [0.15, 0.2) is 0 Å². The van der Waals surface area contributed by atoms with Gasteiger partial charge in [0.1, 0.15) is 0 Å². The molecule has 0 bridgehead atoms. The lowest BCUT2D eigenvalue weighted by atomic mass is 9.84. The molecular weight excluding hydrogens is 256 g/mol. The van der Waals surface area contributed by atoms with E-state index in [-0.39, 0.29) is 18.4 Å². The molecule has 1 atom stereocenters. The van der Waals surface area contributed by atoms with E-state index in [1.165, 1.54) is 19.3 Å². The quantitative estimate of drug-likeness (QED) is 0.788. The first-order valence-corrected chi connectivity index (χ1v) is 7.66. The molecule has 0 aromatic carbocycles. The second-order valence-electron chi connectivity index (χ2n) is 6.08. The number of hydrogen-bond donors (Lipinski definition) is 2. The van der Waals surface area contributed by atoms with Crippen molar-refractivity contribution in [1.29, 1.82) is 0 Å². The Kier molecular flexibility index (Phi) is 6.82. The summed E-state index contributed by atoms with van der Waals surface area (Å²) in [6, 6.07) is 0.245. The summed E-state index contributed by atoms with van der Waals surface area (Å²) in [6.45, 7) is 4.48. The minimum Gasteiger partial charge on any atom is -0.481 e. The molecule has 1 unspecified atom stereocenters. The molecule has 1 saturated carbocycles. The van der Waals surface area contributed by atoms with Crippen molar-refractivity contribution in [2.24, 2.45) is 11.8 Å². The van der Waals surface area contributed by atoms with Gasteiger partial charge in [0.25, 0.3) is 0 Å². The van der Waals surface area contributed by atoms with Crippen molar-refractivity contribution in [1.82, 2.24) is 10.2 Å². The number of hydrogen-bond acceptors (Lipinski definition) is 2. The van der Waals surface area contributed by atoms with Crippen LogP contribution in [-0.2, 0) is 4.79 Å². The van der Waals surface area contributed by atoms with E-state index >= 15 is 0 Å². The van der Waals surface area contributed by atoms with Gasteiger partial charge < -0.3 is 15.3 Å². The van der Waals surface area contributed by atoms with Gasteiger partial charge >= 0.3 is 12.0 Å². The third-order valence-corrected chi connectivity index (χ3v) is 4.39. The highest BCUT2D eigenvalue weighted by atomic mass is 16.4. The summed E-state index contributed by atoms with van der Waals surface area (Å²) < 4.78 is 0. The first kappa shape index (κ1) is 16.8. The number of urea groups is 1. The molecule has 0 heterocycles. The first-order chi connectivity index (χ1) is 9.43. The fourth-order valence-corrected chi connectivity index (χ4v) is 2.86. The van der Waals surface area contributed by atoms with Crippen molar-refractivity contribution in [3.8, 4) is 0 Å². The molecule has 1 aliphatic rings. The number of carboxylic acid groups (broad SMARTS) is 1. The van der Waals surface area contributed by atoms with Crippen molar-refractivity contribution in [2.45, 2.75) is 58.4 Å². The Morgan fingerprint density at radius 2 is 1.90 bits per heavy atom. The lowest BCUT2D eigenvalue weighted by molar-refractivity contribution is -0.137. The summed E-state index contributed by atoms with van der Waals surface area (Å²) in [7, 11) is 1.84. The van der Waals surface area contributed by atoms with Crippen molar-refractivity contribution < 1.29 is 14.7 Å². The number of amides is 2. The van der Waals surface area contributed by atoms with Crippen LogP contribution in [0.3, 0.4) is 0 Å². The Morgan fingerprint density at radius 3 is 2.40 bits per heavy atom. The monoisotopic (exact) mass is 284 g/mol. The van der Waals surface area contributed by atoms with Gasteiger partial charge in [0.2, 0.25) is 0 Å². The van der Waals surface area contributed by atoms with Gasteiger partial charge in [-0.3, -0.25) is 4.79 Å². The fraction of sp³-hybridized carbons (Fsp3) is 0.867. The first-order valence-electron chi connectivity index (χ1n) is 7.66. The van der Waals surface area contributed by atoms with Crippen molar-refractivity contribution >= 4 is 12.0 Å². The van der Waals surface area contributed by atoms with Crippen LogP contribution < -0.4 is 5.32 Å². The molecule has 2 N–H and O–H groups in total. The number of nitrogens with one attached hydrogen (secondary N) is 1. The normalized spacial score (nSPS) is 23.9. The van der Waals surface area contributed by atoms with Gasteiger partial charge in [-0.05, 0) is 37.5 Å². The average molecular weight is 284 g/mol. The van der Waals surface area contributed by atoms with Gasteiger partial charge in [-0.15, -0.1) is 0 Å². The second-order valence-corrected chi connectivity index (χ2v) is 6.08. The molecule has 0 aromatic heterocycles. The number of carbonyl (C=O) groups is 2. The summed E-state index contributed by atoms with van der Waals surface area (Å²) in [4.78, 5) is 24.4. The molecule has 5 heteroatoms. The molecule has 0 spiro atoms. The van der Waals surface area contributed by atoms with Crippen LogP contribution in [0.5, 0.6) is 0 Å². The number of carbonyl (C=O) groups excluding carboxylic acids is 1. The van der Waals surface area contributed by atoms with Crippen LogP contribution >= 0.6 is 0 Å². The van der Waals surface area contributed by atoms with Crippen LogP contribution in [0, 0.1) is 11.8 Å². The zero-order chi connectivity index (χ0) is 15.1. The summed E-state index contributed by atoms with van der Waals surface area (Å²) in [6.07, 6.45) is 5.88. The zero-order valence-electron chi connectivity index (χ0n) is 12.9. The highest BCUT2D eigenvalue weighted by molar-refractivity contribution is 5.74. The molecule has 20 heavy (non-hydrogen) atoms. The maximum atomic E-state index is 12.1. The Balaban J connectivity index is 2.30. The van der Waals surface area contributed by atoms with Crippen LogP contribution in [0.1, 0.15) is 52.4 Å². The Morgan fingerprint density at radius 1 is 1.30 bits per heavy atom. The standard InChI is InChI=1S/C15H28N2O3/c1-4-12-5-7-13(8-6-12)17(3)15(20)16-10-11(2)9-14(18)19/h11-13H,4-10H2,1-3H3,(H,16,20)(H,18,19). The number of aliphatic carboxylic acids is 1. The van der Waals surface area contributed by atoms with Crippen LogP contribution in [0.4, 0.5) is 4.79 Å². The average Bonchev–Trinajstić information content (AvgIpc) is 2.43. The highest BCUT2D eigenvalue weighted by Crippen LogP contribution is 2.28. The van der Waals surface area contributed by atoms with Crippen molar-refractivity contribution in [3.05, 3.63) is 0 Å². The number of carboxylic acids is 1. The predicted molar refractivity (Wildman–Crippen MR) is 78.6 cm³/mol. The minimum absolute atomic E-state index is 0.0410. The molecule has 116 valence electrons. The minimum atomic E-state index is -0.821. The summed E-state index contributed by atoms with van der Waals surface area (Å²) >= 11 is 0. The van der Waals surface area contributed by atoms with Gasteiger partial charge in [0, 0.05) is 26.1 Å². The molecule has 0 radical (unpaired) electrons. The van der Waals surface area contributed by atoms with Gasteiger partial charge in [0.05, 0.1) is 0 Å². The third-order valence-electron chi connectivity index (χ3n) is 4.39. The topological polar surface area (TPSA) is 69.6 Å². The Hall–Kier alpha value is -1.26. The number of nitrogens with zero attached hydrogens (tertiary/aromatic N) is 1. The maximum absolute atomic E-state index is 12.1. The molecule has 0 saturated heterocycles. The summed E-state index contributed by atoms with van der Waals surface area (Å²) in [5, 5.41) is 11.5. The highest BCUT2D eigenvalue weighted by Gasteiger charge is 2.25. The van der Waals surface area contributed by atoms with E-state index in [2.05, 4.69) is 12.2 Å². The van der Waals surface area contributed by atoms with Crippen LogP contribution in [0.25, 0.3) is 0 Å². The summed E-state index contributed by atoms with van der Waals surface area (Å²) in [5.74, 6) is -0.0445. The van der Waals surface area contributed by atoms with Crippen LogP contribution in [0.2, 0.25) is 0 Å². The largest absolute Gasteiger partial charge is 0.481 e. The SMILES string of the molecule is CCC1CCC(N(C)C(=O)NCC(C)CC(=O)O)CC1. The molecule has 1 fully saturated rings. The summed E-state index contributed by atoms with van der Waals surface area (Å²) in [5.41, 5.74) is 0. The van der Waals surface area contributed by atoms with E-state index in [0.29, 0.717) is 12.6 Å². The van der Waals surface area contributed by atoms with E-state index in [1.54, 1.807) is 4.90 Å². The van der Waals surface area contributed by atoms with E-state index < -0.39 is 5.97 Å². The molecule has 0 aliphatic heterocycles. The van der Waals surface area contributed by atoms with Gasteiger partial charge in [-0.1, -0.05) is 20.3 Å². The predicted octanol–water partition coefficient (Wildman–Crippen LogP) is 2.71. The van der Waals surface area contributed by atoms with E-state index in [0.717, 1.165) is 18.8 Å². The molecular formula is C15H28N2O3. The smallest absolute Gasteiger partial charge is 0.317 e. The maximum Gasteiger partial charge on any atom is 0.317 e. The van der Waals surface area contributed by atoms with Crippen molar-refractivity contribution in [3.63, 3.8) is 0 Å². The fourth-order valence-electron chi connectivity index (χ4n) is 2.86. The zero-order valence-corrected chi connectivity index (χ0v) is 12.9. The Labute approximate surface area is 121 Å². The Bertz CT molecular complexity index is 325. The van der Waals surface area contributed by atoms with Gasteiger partial charge in [0.15, 0.2) is 0 Å². The second kappa shape index (κ2) is 8.12. The molecule has 0 aromatic rings. The lowest BCUT2D eigenvalue weighted by Crippen LogP contribution is -2.46. The molecule has 1 aliphatic carbocycles. The van der Waals surface area contributed by atoms with Crippen molar-refractivity contribution in [2.75, 3.05) is 13.6 Å². The molecule has 5 nitrogen and oxygen atoms in total. The molecule has 1 rings (SSSR count). The number of rotatable bonds is 6. The van der Waals surface area contributed by atoms with Gasteiger partial charge in [-0.25, -0.2) is 4.79 Å². The van der Waals surface area contributed by atoms with E-state index in [9.17, 15) is 9.59 Å². The molecule has 2 amide bonds.